The van der Waals surface area contributed by atoms with Crippen molar-refractivity contribution in [2.75, 3.05) is 5.73 Å². The summed E-state index contributed by atoms with van der Waals surface area (Å²) < 4.78 is 0. The van der Waals surface area contributed by atoms with Crippen LogP contribution in [0.15, 0.2) is 24.4 Å². The number of anilines is 1. The van der Waals surface area contributed by atoms with Gasteiger partial charge >= 0.3 is 0 Å². The summed E-state index contributed by atoms with van der Waals surface area (Å²) in [7, 11) is 0. The van der Waals surface area contributed by atoms with Gasteiger partial charge in [-0.05, 0) is 18.2 Å². The lowest BCUT2D eigenvalue weighted by Crippen LogP contribution is -1.89. The third-order valence-electron chi connectivity index (χ3n) is 1.85. The summed E-state index contributed by atoms with van der Waals surface area (Å²) in [5.74, 6) is -0.0218. The molecule has 0 atom stereocenters. The summed E-state index contributed by atoms with van der Waals surface area (Å²) in [4.78, 5) is 3.99. The van der Waals surface area contributed by atoms with E-state index < -0.39 is 0 Å². The van der Waals surface area contributed by atoms with Gasteiger partial charge in [-0.25, -0.2) is 0 Å². The average molecular weight is 195 g/mol. The normalized spacial score (nSPS) is 10.5. The molecule has 0 aliphatic rings. The SMILES string of the molecule is Nc1cc(Cl)c(O)c2ncccc12. The third kappa shape index (κ3) is 1.17. The maximum Gasteiger partial charge on any atom is 0.160 e. The second-order valence-electron chi connectivity index (χ2n) is 2.70. The first-order valence-electron chi connectivity index (χ1n) is 3.72. The standard InChI is InChI=1S/C9H7ClN2O/c10-6-4-7(11)5-2-1-3-12-8(5)9(6)13/h1-4,13H,11H2. The number of aromatic nitrogens is 1. The molecule has 66 valence electrons. The van der Waals surface area contributed by atoms with Gasteiger partial charge in [0.15, 0.2) is 5.75 Å². The fourth-order valence-electron chi connectivity index (χ4n) is 1.22. The number of pyridine rings is 1. The van der Waals surface area contributed by atoms with E-state index in [9.17, 15) is 5.11 Å². The molecular formula is C9H7ClN2O. The van der Waals surface area contributed by atoms with Gasteiger partial charge in [0.1, 0.15) is 5.52 Å². The summed E-state index contributed by atoms with van der Waals surface area (Å²) in [5.41, 5.74) is 6.65. The van der Waals surface area contributed by atoms with Crippen LogP contribution in [0.3, 0.4) is 0 Å². The van der Waals surface area contributed by atoms with Crippen LogP contribution in [0.2, 0.25) is 5.02 Å². The number of nitrogens with zero attached hydrogens (tertiary/aromatic N) is 1. The number of halogens is 1. The van der Waals surface area contributed by atoms with Crippen LogP contribution in [0.25, 0.3) is 10.9 Å². The highest BCUT2D eigenvalue weighted by Crippen LogP contribution is 2.34. The second-order valence-corrected chi connectivity index (χ2v) is 3.10. The van der Waals surface area contributed by atoms with Crippen LogP contribution in [-0.2, 0) is 0 Å². The number of aromatic hydroxyl groups is 1. The van der Waals surface area contributed by atoms with E-state index in [0.717, 1.165) is 0 Å². The van der Waals surface area contributed by atoms with Crippen LogP contribution in [0.5, 0.6) is 5.75 Å². The van der Waals surface area contributed by atoms with E-state index in [1.807, 2.05) is 0 Å². The number of hydrogen-bond donors (Lipinski definition) is 2. The Morgan fingerprint density at radius 1 is 1.46 bits per heavy atom. The monoisotopic (exact) mass is 194 g/mol. The zero-order valence-corrected chi connectivity index (χ0v) is 7.42. The first kappa shape index (κ1) is 8.13. The summed E-state index contributed by atoms with van der Waals surface area (Å²) in [6, 6.07) is 5.06. The van der Waals surface area contributed by atoms with Crippen molar-refractivity contribution in [2.45, 2.75) is 0 Å². The number of nitrogen functional groups attached to an aromatic ring is 1. The van der Waals surface area contributed by atoms with Crippen molar-refractivity contribution in [3.05, 3.63) is 29.4 Å². The van der Waals surface area contributed by atoms with Crippen molar-refractivity contribution in [2.24, 2.45) is 0 Å². The number of phenolic OH excluding ortho intramolecular Hbond substituents is 1. The molecule has 0 unspecified atom stereocenters. The van der Waals surface area contributed by atoms with Gasteiger partial charge in [0.25, 0.3) is 0 Å². The van der Waals surface area contributed by atoms with Gasteiger partial charge in [-0.3, -0.25) is 4.98 Å². The molecule has 2 rings (SSSR count). The first-order valence-corrected chi connectivity index (χ1v) is 4.09. The molecule has 4 heteroatoms. The molecule has 1 aromatic carbocycles. The highest BCUT2D eigenvalue weighted by atomic mass is 35.5. The van der Waals surface area contributed by atoms with E-state index >= 15 is 0 Å². The Labute approximate surface area is 79.8 Å². The Bertz CT molecular complexity index is 470. The Morgan fingerprint density at radius 3 is 3.00 bits per heavy atom. The molecule has 0 amide bonds. The molecule has 3 nitrogen and oxygen atoms in total. The molecule has 0 radical (unpaired) electrons. The molecular weight excluding hydrogens is 188 g/mol. The second kappa shape index (κ2) is 2.78. The van der Waals surface area contributed by atoms with Gasteiger partial charge in [0.2, 0.25) is 0 Å². The van der Waals surface area contributed by atoms with Gasteiger partial charge in [0.05, 0.1) is 5.02 Å². The maximum absolute atomic E-state index is 9.53. The molecule has 0 fully saturated rings. The molecule has 0 aliphatic carbocycles. The minimum atomic E-state index is -0.0218. The summed E-state index contributed by atoms with van der Waals surface area (Å²) in [5, 5.41) is 10.5. The van der Waals surface area contributed by atoms with Gasteiger partial charge in [-0.1, -0.05) is 11.6 Å². The van der Waals surface area contributed by atoms with E-state index in [0.29, 0.717) is 16.6 Å². The average Bonchev–Trinajstić information content (AvgIpc) is 2.15. The quantitative estimate of drug-likeness (QED) is 0.499. The van der Waals surface area contributed by atoms with Crippen molar-refractivity contribution in [3.63, 3.8) is 0 Å². The van der Waals surface area contributed by atoms with Crippen LogP contribution in [0, 0.1) is 0 Å². The fraction of sp³-hybridized carbons (Fsp3) is 0. The lowest BCUT2D eigenvalue weighted by atomic mass is 10.2. The fourth-order valence-corrected chi connectivity index (χ4v) is 1.43. The van der Waals surface area contributed by atoms with Crippen LogP contribution in [0.1, 0.15) is 0 Å². The summed E-state index contributed by atoms with van der Waals surface area (Å²) >= 11 is 5.72. The Morgan fingerprint density at radius 2 is 2.23 bits per heavy atom. The van der Waals surface area contributed by atoms with Gasteiger partial charge in [0, 0.05) is 17.3 Å². The molecule has 13 heavy (non-hydrogen) atoms. The highest BCUT2D eigenvalue weighted by molar-refractivity contribution is 6.33. The number of phenols is 1. The largest absolute Gasteiger partial charge is 0.504 e. The predicted octanol–water partition coefficient (Wildman–Crippen LogP) is 2.18. The Hall–Kier alpha value is -1.48. The molecule has 0 saturated carbocycles. The number of rotatable bonds is 0. The van der Waals surface area contributed by atoms with Gasteiger partial charge in [-0.15, -0.1) is 0 Å². The minimum absolute atomic E-state index is 0.0218. The number of nitrogens with two attached hydrogens (primary N) is 1. The van der Waals surface area contributed by atoms with E-state index in [1.165, 1.54) is 6.07 Å². The Balaban J connectivity index is 2.97. The first-order chi connectivity index (χ1) is 6.20. The Kier molecular flexibility index (Phi) is 1.74. The lowest BCUT2D eigenvalue weighted by molar-refractivity contribution is 0.480. The maximum atomic E-state index is 9.53. The van der Waals surface area contributed by atoms with Gasteiger partial charge < -0.3 is 10.8 Å². The van der Waals surface area contributed by atoms with Crippen LogP contribution >= 0.6 is 11.6 Å². The highest BCUT2D eigenvalue weighted by Gasteiger charge is 2.07. The zero-order chi connectivity index (χ0) is 9.42. The molecule has 1 aromatic heterocycles. The van der Waals surface area contributed by atoms with Crippen molar-refractivity contribution in [3.8, 4) is 5.75 Å². The van der Waals surface area contributed by atoms with Crippen molar-refractivity contribution in [1.82, 2.24) is 4.98 Å². The third-order valence-corrected chi connectivity index (χ3v) is 2.14. The lowest BCUT2D eigenvalue weighted by Gasteiger charge is -2.04. The number of benzene rings is 1. The van der Waals surface area contributed by atoms with Crippen LogP contribution in [-0.4, -0.2) is 10.1 Å². The van der Waals surface area contributed by atoms with Crippen molar-refractivity contribution in [1.29, 1.82) is 0 Å². The van der Waals surface area contributed by atoms with E-state index in [-0.39, 0.29) is 10.8 Å². The number of fused-ring (bicyclic) bond motifs is 1. The van der Waals surface area contributed by atoms with Crippen LogP contribution < -0.4 is 5.73 Å². The topological polar surface area (TPSA) is 59.1 Å². The molecule has 0 spiro atoms. The summed E-state index contributed by atoms with van der Waals surface area (Å²) in [6.07, 6.45) is 1.58. The van der Waals surface area contributed by atoms with Crippen LogP contribution in [0.4, 0.5) is 5.69 Å². The molecule has 3 N–H and O–H groups in total. The number of hydrogen-bond acceptors (Lipinski definition) is 3. The smallest absolute Gasteiger partial charge is 0.160 e. The van der Waals surface area contributed by atoms with Gasteiger partial charge in [-0.2, -0.15) is 0 Å². The predicted molar refractivity (Wildman–Crippen MR) is 52.8 cm³/mol. The minimum Gasteiger partial charge on any atom is -0.504 e. The van der Waals surface area contributed by atoms with E-state index in [1.54, 1.807) is 18.3 Å². The molecule has 0 aliphatic heterocycles. The molecule has 1 heterocycles. The van der Waals surface area contributed by atoms with Crippen molar-refractivity contribution < 1.29 is 5.11 Å². The molecule has 0 bridgehead atoms. The van der Waals surface area contributed by atoms with E-state index in [2.05, 4.69) is 4.98 Å². The molecule has 2 aromatic rings. The summed E-state index contributed by atoms with van der Waals surface area (Å²) in [6.45, 7) is 0. The van der Waals surface area contributed by atoms with E-state index in [4.69, 9.17) is 17.3 Å². The molecule has 0 saturated heterocycles. The zero-order valence-electron chi connectivity index (χ0n) is 6.66. The van der Waals surface area contributed by atoms with Crippen molar-refractivity contribution >= 4 is 28.2 Å².